The number of nitrogens with one attached hydrogen (secondary N) is 3. The van der Waals surface area contributed by atoms with Gasteiger partial charge in [-0.05, 0) is 42.0 Å². The highest BCUT2D eigenvalue weighted by atomic mass is 16.5. The maximum Gasteiger partial charge on any atom is 0.258 e. The number of carbonyl (C=O) groups excluding carboxylic acids is 2. The number of rotatable bonds is 6. The van der Waals surface area contributed by atoms with Gasteiger partial charge in [-0.1, -0.05) is 24.3 Å². The van der Waals surface area contributed by atoms with Crippen molar-refractivity contribution in [2.24, 2.45) is 4.99 Å². The SMILES string of the molecule is COc1ccccc1NC(=NCc1cccnc1)NC(=O)c1cccc(NC(C)=O)c1. The average molecular weight is 417 g/mol. The second-order valence-corrected chi connectivity index (χ2v) is 6.57. The number of hydrogen-bond acceptors (Lipinski definition) is 5. The van der Waals surface area contributed by atoms with Crippen molar-refractivity contribution >= 4 is 29.1 Å². The molecular weight excluding hydrogens is 394 g/mol. The number of methoxy groups -OCH3 is 1. The van der Waals surface area contributed by atoms with E-state index in [2.05, 4.69) is 25.9 Å². The standard InChI is InChI=1S/C23H23N5O3/c1-16(29)26-19-9-5-8-18(13-19)22(30)28-23(25-15-17-7-6-12-24-14-17)27-20-10-3-4-11-21(20)31-2/h3-14H,15H2,1-2H3,(H,26,29)(H2,25,27,28,30). The Morgan fingerprint density at radius 3 is 2.61 bits per heavy atom. The highest BCUT2D eigenvalue weighted by molar-refractivity contribution is 6.10. The molecule has 3 N–H and O–H groups in total. The third kappa shape index (κ3) is 6.40. The molecule has 0 aliphatic heterocycles. The Kier molecular flexibility index (Phi) is 7.31. The molecule has 3 rings (SSSR count). The molecule has 0 atom stereocenters. The van der Waals surface area contributed by atoms with Crippen LogP contribution in [0.15, 0.2) is 78.0 Å². The first-order valence-electron chi connectivity index (χ1n) is 9.57. The summed E-state index contributed by atoms with van der Waals surface area (Å²) >= 11 is 0. The fourth-order valence-corrected chi connectivity index (χ4v) is 2.77. The van der Waals surface area contributed by atoms with Crippen molar-refractivity contribution in [1.82, 2.24) is 10.3 Å². The van der Waals surface area contributed by atoms with Crippen LogP contribution in [0.4, 0.5) is 11.4 Å². The van der Waals surface area contributed by atoms with Crippen molar-refractivity contribution < 1.29 is 14.3 Å². The second kappa shape index (κ2) is 10.5. The summed E-state index contributed by atoms with van der Waals surface area (Å²) in [5.74, 6) is 0.274. The van der Waals surface area contributed by atoms with E-state index in [0.717, 1.165) is 5.56 Å². The number of ether oxygens (including phenoxy) is 1. The number of aliphatic imine (C=N–C) groups is 1. The van der Waals surface area contributed by atoms with E-state index in [1.165, 1.54) is 6.92 Å². The number of hydrogen-bond donors (Lipinski definition) is 3. The molecule has 1 heterocycles. The lowest BCUT2D eigenvalue weighted by Gasteiger charge is -2.14. The number of anilines is 2. The summed E-state index contributed by atoms with van der Waals surface area (Å²) < 4.78 is 5.37. The minimum Gasteiger partial charge on any atom is -0.495 e. The van der Waals surface area contributed by atoms with Crippen LogP contribution in [-0.2, 0) is 11.3 Å². The minimum atomic E-state index is -0.375. The molecule has 0 aliphatic rings. The van der Waals surface area contributed by atoms with Crippen LogP contribution in [0.3, 0.4) is 0 Å². The monoisotopic (exact) mass is 417 g/mol. The van der Waals surface area contributed by atoms with E-state index in [0.29, 0.717) is 29.2 Å². The van der Waals surface area contributed by atoms with Crippen molar-refractivity contribution in [2.75, 3.05) is 17.7 Å². The fraction of sp³-hybridized carbons (Fsp3) is 0.130. The lowest BCUT2D eigenvalue weighted by molar-refractivity contribution is -0.114. The van der Waals surface area contributed by atoms with Crippen molar-refractivity contribution in [3.63, 3.8) is 0 Å². The lowest BCUT2D eigenvalue weighted by Crippen LogP contribution is -2.36. The normalized spacial score (nSPS) is 10.8. The zero-order chi connectivity index (χ0) is 22.1. The largest absolute Gasteiger partial charge is 0.495 e. The number of carbonyl (C=O) groups is 2. The smallest absolute Gasteiger partial charge is 0.258 e. The van der Waals surface area contributed by atoms with Crippen LogP contribution >= 0.6 is 0 Å². The van der Waals surface area contributed by atoms with Crippen molar-refractivity contribution in [2.45, 2.75) is 13.5 Å². The van der Waals surface area contributed by atoms with Gasteiger partial charge in [-0.2, -0.15) is 0 Å². The summed E-state index contributed by atoms with van der Waals surface area (Å²) in [5.41, 5.74) is 2.46. The van der Waals surface area contributed by atoms with Gasteiger partial charge in [0, 0.05) is 30.6 Å². The molecule has 1 aromatic heterocycles. The van der Waals surface area contributed by atoms with Crippen LogP contribution in [0, 0.1) is 0 Å². The molecule has 8 heteroatoms. The van der Waals surface area contributed by atoms with Crippen LogP contribution in [0.2, 0.25) is 0 Å². The third-order valence-corrected chi connectivity index (χ3v) is 4.18. The van der Waals surface area contributed by atoms with Crippen molar-refractivity contribution in [1.29, 1.82) is 0 Å². The Hall–Kier alpha value is -4.20. The van der Waals surface area contributed by atoms with E-state index >= 15 is 0 Å². The second-order valence-electron chi connectivity index (χ2n) is 6.57. The maximum atomic E-state index is 12.9. The molecule has 158 valence electrons. The number of amides is 2. The molecule has 0 spiro atoms. The summed E-state index contributed by atoms with van der Waals surface area (Å²) in [5, 5.41) is 8.58. The van der Waals surface area contributed by atoms with Crippen molar-refractivity contribution in [3.05, 3.63) is 84.2 Å². The average Bonchev–Trinajstić information content (AvgIpc) is 2.78. The lowest BCUT2D eigenvalue weighted by atomic mass is 10.2. The van der Waals surface area contributed by atoms with Crippen LogP contribution in [-0.4, -0.2) is 29.9 Å². The van der Waals surface area contributed by atoms with Crippen LogP contribution in [0.5, 0.6) is 5.75 Å². The van der Waals surface area contributed by atoms with Gasteiger partial charge in [0.2, 0.25) is 11.9 Å². The summed E-state index contributed by atoms with van der Waals surface area (Å²) in [6.45, 7) is 1.73. The summed E-state index contributed by atoms with van der Waals surface area (Å²) in [4.78, 5) is 32.8. The Bertz CT molecular complexity index is 1080. The zero-order valence-electron chi connectivity index (χ0n) is 17.3. The van der Waals surface area contributed by atoms with Gasteiger partial charge < -0.3 is 15.4 Å². The maximum absolute atomic E-state index is 12.9. The molecule has 3 aromatic rings. The highest BCUT2D eigenvalue weighted by Gasteiger charge is 2.12. The predicted molar refractivity (Wildman–Crippen MR) is 120 cm³/mol. The molecule has 31 heavy (non-hydrogen) atoms. The molecular formula is C23H23N5O3. The van der Waals surface area contributed by atoms with Gasteiger partial charge in [-0.25, -0.2) is 4.99 Å². The number of benzene rings is 2. The number of para-hydroxylation sites is 2. The zero-order valence-corrected chi connectivity index (χ0v) is 17.3. The highest BCUT2D eigenvalue weighted by Crippen LogP contribution is 2.23. The molecule has 0 unspecified atom stereocenters. The Labute approximate surface area is 180 Å². The number of guanidine groups is 1. The number of nitrogens with zero attached hydrogens (tertiary/aromatic N) is 2. The van der Waals surface area contributed by atoms with E-state index in [9.17, 15) is 9.59 Å². The Morgan fingerprint density at radius 1 is 1.03 bits per heavy atom. The molecule has 2 amide bonds. The molecule has 8 nitrogen and oxygen atoms in total. The van der Waals surface area contributed by atoms with Crippen molar-refractivity contribution in [3.8, 4) is 5.75 Å². The first-order chi connectivity index (χ1) is 15.0. The Balaban J connectivity index is 1.83. The number of aromatic nitrogens is 1. The van der Waals surface area contributed by atoms with E-state index < -0.39 is 0 Å². The van der Waals surface area contributed by atoms with Gasteiger partial charge in [0.15, 0.2) is 0 Å². The summed E-state index contributed by atoms with van der Waals surface area (Å²) in [6.07, 6.45) is 3.40. The molecule has 0 saturated heterocycles. The van der Waals surface area contributed by atoms with Gasteiger partial charge in [0.25, 0.3) is 5.91 Å². The summed E-state index contributed by atoms with van der Waals surface area (Å²) in [6, 6.07) is 17.7. The van der Waals surface area contributed by atoms with Gasteiger partial charge in [-0.15, -0.1) is 0 Å². The van der Waals surface area contributed by atoms with Crippen LogP contribution in [0.1, 0.15) is 22.8 Å². The molecule has 0 radical (unpaired) electrons. The fourth-order valence-electron chi connectivity index (χ4n) is 2.77. The molecule has 0 aliphatic carbocycles. The van der Waals surface area contributed by atoms with Gasteiger partial charge >= 0.3 is 0 Å². The number of pyridine rings is 1. The van der Waals surface area contributed by atoms with E-state index in [-0.39, 0.29) is 17.8 Å². The van der Waals surface area contributed by atoms with Gasteiger partial charge in [-0.3, -0.25) is 19.9 Å². The van der Waals surface area contributed by atoms with Crippen LogP contribution < -0.4 is 20.7 Å². The predicted octanol–water partition coefficient (Wildman–Crippen LogP) is 3.45. The third-order valence-electron chi connectivity index (χ3n) is 4.18. The Morgan fingerprint density at radius 2 is 1.87 bits per heavy atom. The molecule has 0 saturated carbocycles. The minimum absolute atomic E-state index is 0.214. The van der Waals surface area contributed by atoms with E-state index in [4.69, 9.17) is 4.74 Å². The first-order valence-corrected chi connectivity index (χ1v) is 9.57. The molecule has 0 bridgehead atoms. The molecule has 0 fully saturated rings. The van der Waals surface area contributed by atoms with Gasteiger partial charge in [0.1, 0.15) is 5.75 Å². The van der Waals surface area contributed by atoms with E-state index in [1.807, 2.05) is 30.3 Å². The first kappa shape index (κ1) is 21.5. The topological polar surface area (TPSA) is 105 Å². The summed E-state index contributed by atoms with van der Waals surface area (Å²) in [7, 11) is 1.57. The van der Waals surface area contributed by atoms with Crippen LogP contribution in [0.25, 0.3) is 0 Å². The van der Waals surface area contributed by atoms with Gasteiger partial charge in [0.05, 0.1) is 19.3 Å². The van der Waals surface area contributed by atoms with E-state index in [1.54, 1.807) is 49.8 Å². The quantitative estimate of drug-likeness (QED) is 0.421. The molecule has 2 aromatic carbocycles.